The Morgan fingerprint density at radius 3 is 2.76 bits per heavy atom. The molecule has 1 aromatic carbocycles. The molecule has 0 N–H and O–H groups in total. The van der Waals surface area contributed by atoms with Gasteiger partial charge in [-0.3, -0.25) is 14.9 Å². The van der Waals surface area contributed by atoms with Crippen LogP contribution in [0.3, 0.4) is 0 Å². The van der Waals surface area contributed by atoms with Gasteiger partial charge in [0.25, 0.3) is 12.1 Å². The Hall–Kier alpha value is -2.05. The van der Waals surface area contributed by atoms with E-state index in [-0.39, 0.29) is 17.0 Å². The summed E-state index contributed by atoms with van der Waals surface area (Å²) < 4.78 is 29.7. The van der Waals surface area contributed by atoms with Gasteiger partial charge >= 0.3 is 0 Å². The fourth-order valence-corrected chi connectivity index (χ4v) is 1.59. The summed E-state index contributed by atoms with van der Waals surface area (Å²) in [6.07, 6.45) is -4.70. The third kappa shape index (κ3) is 2.08. The monoisotopic (exact) mass is 243 g/mol. The van der Waals surface area contributed by atoms with Gasteiger partial charge in [-0.2, -0.15) is 0 Å². The molecule has 0 aromatic heterocycles. The van der Waals surface area contributed by atoms with Crippen LogP contribution in [0.5, 0.6) is 5.75 Å². The number of ketones is 1. The summed E-state index contributed by atoms with van der Waals surface area (Å²) in [4.78, 5) is 21.4. The molecule has 0 saturated carbocycles. The molecule has 1 heterocycles. The number of hydrogen-bond acceptors (Lipinski definition) is 4. The smallest absolute Gasteiger partial charge is 0.275 e. The Kier molecular flexibility index (Phi) is 2.74. The summed E-state index contributed by atoms with van der Waals surface area (Å²) in [6, 6.07) is 3.32. The predicted molar refractivity (Wildman–Crippen MR) is 52.5 cm³/mol. The van der Waals surface area contributed by atoms with Gasteiger partial charge in [-0.25, -0.2) is 8.78 Å². The van der Waals surface area contributed by atoms with Crippen molar-refractivity contribution in [3.8, 4) is 5.75 Å². The van der Waals surface area contributed by atoms with Gasteiger partial charge < -0.3 is 4.74 Å². The van der Waals surface area contributed by atoms with E-state index in [2.05, 4.69) is 0 Å². The second kappa shape index (κ2) is 4.08. The normalized spacial score (nSPS) is 18.8. The van der Waals surface area contributed by atoms with Crippen molar-refractivity contribution in [1.29, 1.82) is 0 Å². The Labute approximate surface area is 94.1 Å². The van der Waals surface area contributed by atoms with Gasteiger partial charge in [0.1, 0.15) is 5.75 Å². The highest BCUT2D eigenvalue weighted by atomic mass is 19.3. The largest absolute Gasteiger partial charge is 0.483 e. The van der Waals surface area contributed by atoms with E-state index in [4.69, 9.17) is 4.74 Å². The molecule has 5 nitrogen and oxygen atoms in total. The van der Waals surface area contributed by atoms with Gasteiger partial charge in [-0.15, -0.1) is 0 Å². The number of nitrogens with zero attached hydrogens (tertiary/aromatic N) is 1. The van der Waals surface area contributed by atoms with E-state index in [9.17, 15) is 23.7 Å². The first-order valence-electron chi connectivity index (χ1n) is 4.75. The van der Waals surface area contributed by atoms with Gasteiger partial charge in [0.15, 0.2) is 11.9 Å². The number of carbonyl (C=O) groups excluding carboxylic acids is 1. The van der Waals surface area contributed by atoms with Crippen LogP contribution in [0.4, 0.5) is 14.5 Å². The number of alkyl halides is 2. The second-order valence-electron chi connectivity index (χ2n) is 3.56. The molecule has 0 bridgehead atoms. The van der Waals surface area contributed by atoms with E-state index in [1.54, 1.807) is 0 Å². The number of nitro benzene ring substituents is 1. The average Bonchev–Trinajstić information content (AvgIpc) is 2.28. The van der Waals surface area contributed by atoms with Crippen LogP contribution in [0.2, 0.25) is 0 Å². The van der Waals surface area contributed by atoms with Crippen LogP contribution < -0.4 is 4.74 Å². The fraction of sp³-hybridized carbons (Fsp3) is 0.300. The summed E-state index contributed by atoms with van der Waals surface area (Å²) >= 11 is 0. The lowest BCUT2D eigenvalue weighted by molar-refractivity contribution is -0.384. The summed E-state index contributed by atoms with van der Waals surface area (Å²) in [7, 11) is 0. The van der Waals surface area contributed by atoms with Gasteiger partial charge in [-0.05, 0) is 6.07 Å². The summed E-state index contributed by atoms with van der Waals surface area (Å²) in [5.74, 6) is -0.600. The molecule has 90 valence electrons. The van der Waals surface area contributed by atoms with Gasteiger partial charge in [0.05, 0.1) is 16.9 Å². The van der Waals surface area contributed by atoms with Crippen LogP contribution in [0.25, 0.3) is 0 Å². The topological polar surface area (TPSA) is 69.4 Å². The van der Waals surface area contributed by atoms with E-state index in [0.717, 1.165) is 12.1 Å². The van der Waals surface area contributed by atoms with Gasteiger partial charge in [0, 0.05) is 12.1 Å². The molecule has 0 radical (unpaired) electrons. The van der Waals surface area contributed by atoms with Crippen molar-refractivity contribution in [2.45, 2.75) is 19.0 Å². The number of hydrogen-bond donors (Lipinski definition) is 0. The minimum absolute atomic E-state index is 0.0175. The molecule has 0 amide bonds. The number of rotatable bonds is 2. The molecular weight excluding hydrogens is 236 g/mol. The molecule has 17 heavy (non-hydrogen) atoms. The van der Waals surface area contributed by atoms with Gasteiger partial charge in [-0.1, -0.05) is 0 Å². The highest BCUT2D eigenvalue weighted by Gasteiger charge is 2.33. The zero-order valence-electron chi connectivity index (χ0n) is 8.43. The first-order chi connectivity index (χ1) is 7.99. The number of halogens is 2. The number of carbonyl (C=O) groups is 1. The van der Waals surface area contributed by atoms with Crippen molar-refractivity contribution in [1.82, 2.24) is 0 Å². The Balaban J connectivity index is 2.38. The predicted octanol–water partition coefficient (Wildman–Crippen LogP) is 2.19. The van der Waals surface area contributed by atoms with Crippen molar-refractivity contribution < 1.29 is 23.2 Å². The molecule has 1 atom stereocenters. The Bertz CT molecular complexity index is 489. The third-order valence-corrected chi connectivity index (χ3v) is 2.42. The molecule has 1 unspecified atom stereocenters. The molecule has 1 aliphatic rings. The summed E-state index contributed by atoms with van der Waals surface area (Å²) in [6.45, 7) is 0. The maximum atomic E-state index is 12.4. The van der Waals surface area contributed by atoms with Gasteiger partial charge in [0.2, 0.25) is 0 Å². The Morgan fingerprint density at radius 2 is 2.18 bits per heavy atom. The number of fused-ring (bicyclic) bond motifs is 1. The average molecular weight is 243 g/mol. The minimum atomic E-state index is -2.76. The number of Topliss-reactive ketones (excluding diaryl/α,β-unsaturated/α-hetero) is 1. The second-order valence-corrected chi connectivity index (χ2v) is 3.56. The number of benzene rings is 1. The lowest BCUT2D eigenvalue weighted by Gasteiger charge is -2.24. The SMILES string of the molecule is O=C1CC(C(F)F)Oc2ccc([N+](=O)[O-])cc21. The fourth-order valence-electron chi connectivity index (χ4n) is 1.59. The zero-order chi connectivity index (χ0) is 12.6. The number of non-ortho nitro benzene ring substituents is 1. The van der Waals surface area contributed by atoms with E-state index >= 15 is 0 Å². The molecular formula is C10H7F2NO4. The zero-order valence-corrected chi connectivity index (χ0v) is 8.43. The standard InChI is InChI=1S/C10H7F2NO4/c11-10(12)9-4-7(14)6-3-5(13(15)16)1-2-8(6)17-9/h1-3,9-10H,4H2. The van der Waals surface area contributed by atoms with E-state index < -0.39 is 29.7 Å². The quantitative estimate of drug-likeness (QED) is 0.589. The van der Waals surface area contributed by atoms with Crippen molar-refractivity contribution in [3.05, 3.63) is 33.9 Å². The van der Waals surface area contributed by atoms with Crippen molar-refractivity contribution >= 4 is 11.5 Å². The van der Waals surface area contributed by atoms with Crippen LogP contribution in [0.15, 0.2) is 18.2 Å². The van der Waals surface area contributed by atoms with E-state index in [0.29, 0.717) is 0 Å². The number of ether oxygens (including phenoxy) is 1. The molecule has 2 rings (SSSR count). The third-order valence-electron chi connectivity index (χ3n) is 2.42. The highest BCUT2D eigenvalue weighted by molar-refractivity contribution is 6.00. The number of nitro groups is 1. The molecule has 7 heteroatoms. The van der Waals surface area contributed by atoms with Crippen LogP contribution in [-0.2, 0) is 0 Å². The molecule has 0 fully saturated rings. The Morgan fingerprint density at radius 1 is 1.47 bits per heavy atom. The lowest BCUT2D eigenvalue weighted by Crippen LogP contribution is -2.32. The molecule has 1 aliphatic heterocycles. The van der Waals surface area contributed by atoms with Crippen molar-refractivity contribution in [2.75, 3.05) is 0 Å². The van der Waals surface area contributed by atoms with E-state index in [1.165, 1.54) is 6.07 Å². The summed E-state index contributed by atoms with van der Waals surface area (Å²) in [5, 5.41) is 10.5. The first kappa shape index (κ1) is 11.4. The van der Waals surface area contributed by atoms with Crippen LogP contribution in [0.1, 0.15) is 16.8 Å². The molecule has 0 saturated heterocycles. The van der Waals surface area contributed by atoms with Crippen molar-refractivity contribution in [3.63, 3.8) is 0 Å². The first-order valence-corrected chi connectivity index (χ1v) is 4.75. The van der Waals surface area contributed by atoms with Crippen molar-refractivity contribution in [2.24, 2.45) is 0 Å². The van der Waals surface area contributed by atoms with Crippen LogP contribution in [-0.4, -0.2) is 23.2 Å². The molecule has 0 spiro atoms. The summed E-state index contributed by atoms with van der Waals surface area (Å²) in [5.41, 5.74) is -0.285. The van der Waals surface area contributed by atoms with E-state index in [1.807, 2.05) is 0 Å². The lowest BCUT2D eigenvalue weighted by atomic mass is 10.0. The van der Waals surface area contributed by atoms with Crippen LogP contribution in [0, 0.1) is 10.1 Å². The molecule has 1 aromatic rings. The maximum Gasteiger partial charge on any atom is 0.275 e. The van der Waals surface area contributed by atoms with Crippen LogP contribution >= 0.6 is 0 Å². The highest BCUT2D eigenvalue weighted by Crippen LogP contribution is 2.32. The minimum Gasteiger partial charge on any atom is -0.483 e. The molecule has 0 aliphatic carbocycles. The maximum absolute atomic E-state index is 12.4.